The van der Waals surface area contributed by atoms with Gasteiger partial charge in [0.1, 0.15) is 0 Å². The molecular weight excluding hydrogens is 424 g/mol. The normalized spacial score (nSPS) is 10.6. The van der Waals surface area contributed by atoms with Crippen LogP contribution >= 0.6 is 0 Å². The van der Waals surface area contributed by atoms with Crippen LogP contribution in [0, 0.1) is 13.8 Å². The van der Waals surface area contributed by atoms with E-state index in [2.05, 4.69) is 47.6 Å². The third-order valence-corrected chi connectivity index (χ3v) is 5.72. The zero-order valence-corrected chi connectivity index (χ0v) is 19.9. The van der Waals surface area contributed by atoms with Gasteiger partial charge in [-0.2, -0.15) is 0 Å². The van der Waals surface area contributed by atoms with Crippen LogP contribution in [0.25, 0.3) is 22.3 Å². The van der Waals surface area contributed by atoms with Gasteiger partial charge < -0.3 is 14.8 Å². The molecule has 0 atom stereocenters. The molecule has 0 saturated heterocycles. The Morgan fingerprint density at radius 3 is 2.09 bits per heavy atom. The molecule has 4 aromatic rings. The Hall–Kier alpha value is -4.12. The fourth-order valence-corrected chi connectivity index (χ4v) is 3.74. The Bertz CT molecular complexity index is 1300. The number of rotatable bonds is 7. The van der Waals surface area contributed by atoms with Gasteiger partial charge in [-0.15, -0.1) is 0 Å². The molecule has 1 N–H and O–H groups in total. The average Bonchev–Trinajstić information content (AvgIpc) is 2.87. The van der Waals surface area contributed by atoms with Crippen LogP contribution in [0.3, 0.4) is 0 Å². The van der Waals surface area contributed by atoms with Gasteiger partial charge in [-0.05, 0) is 78.1 Å². The smallest absolute Gasteiger partial charge is 0.251 e. The summed E-state index contributed by atoms with van der Waals surface area (Å²) in [5.74, 6) is 1.15. The van der Waals surface area contributed by atoms with Gasteiger partial charge in [0.15, 0.2) is 11.5 Å². The first-order valence-corrected chi connectivity index (χ1v) is 11.1. The van der Waals surface area contributed by atoms with Crippen molar-refractivity contribution in [3.8, 4) is 33.8 Å². The van der Waals surface area contributed by atoms with Crippen LogP contribution in [0.1, 0.15) is 27.2 Å². The molecule has 1 aromatic heterocycles. The molecule has 5 heteroatoms. The number of amides is 1. The van der Waals surface area contributed by atoms with Crippen molar-refractivity contribution in [1.82, 2.24) is 10.3 Å². The highest BCUT2D eigenvalue weighted by atomic mass is 16.5. The Balaban J connectivity index is 1.72. The molecule has 34 heavy (non-hydrogen) atoms. The van der Waals surface area contributed by atoms with Crippen LogP contribution < -0.4 is 14.8 Å². The molecule has 0 aliphatic heterocycles. The molecular formula is C29H28N2O3. The number of nitrogens with zero attached hydrogens (tertiary/aromatic N) is 1. The van der Waals surface area contributed by atoms with Crippen LogP contribution in [-0.2, 0) is 6.54 Å². The number of aryl methyl sites for hydroxylation is 2. The second-order valence-corrected chi connectivity index (χ2v) is 8.23. The minimum Gasteiger partial charge on any atom is -0.493 e. The van der Waals surface area contributed by atoms with Crippen molar-refractivity contribution in [1.29, 1.82) is 0 Å². The van der Waals surface area contributed by atoms with Gasteiger partial charge >= 0.3 is 0 Å². The first-order valence-electron chi connectivity index (χ1n) is 11.1. The van der Waals surface area contributed by atoms with Gasteiger partial charge in [-0.3, -0.25) is 9.78 Å². The quantitative estimate of drug-likeness (QED) is 0.375. The lowest BCUT2D eigenvalue weighted by atomic mass is 9.95. The summed E-state index contributed by atoms with van der Waals surface area (Å²) in [6.45, 7) is 4.41. The van der Waals surface area contributed by atoms with Crippen LogP contribution in [0.5, 0.6) is 11.5 Å². The van der Waals surface area contributed by atoms with Crippen molar-refractivity contribution < 1.29 is 14.3 Å². The standard InChI is InChI=1S/C29H28N2O3/c1-19-5-9-22(10-6-19)24-13-25(23-11-12-27(33-3)28(16-23)34-4)15-26(14-24)29(32)31-18-21-8-7-20(2)30-17-21/h5-17H,18H2,1-4H3,(H,31,32). The molecule has 0 saturated carbocycles. The molecule has 0 radical (unpaired) electrons. The number of carbonyl (C=O) groups is 1. The highest BCUT2D eigenvalue weighted by Crippen LogP contribution is 2.34. The van der Waals surface area contributed by atoms with Crippen molar-refractivity contribution in [2.45, 2.75) is 20.4 Å². The van der Waals surface area contributed by atoms with Crippen molar-refractivity contribution in [2.24, 2.45) is 0 Å². The van der Waals surface area contributed by atoms with E-state index in [1.165, 1.54) is 5.56 Å². The maximum atomic E-state index is 13.2. The minimum absolute atomic E-state index is 0.142. The summed E-state index contributed by atoms with van der Waals surface area (Å²) >= 11 is 0. The molecule has 4 rings (SSSR count). The molecule has 1 amide bonds. The van der Waals surface area contributed by atoms with Crippen molar-refractivity contribution in [3.05, 3.63) is 101 Å². The number of aromatic nitrogens is 1. The number of ether oxygens (including phenoxy) is 2. The van der Waals surface area contributed by atoms with Crippen molar-refractivity contribution in [3.63, 3.8) is 0 Å². The molecule has 0 fully saturated rings. The molecule has 1 heterocycles. The number of pyridine rings is 1. The summed E-state index contributed by atoms with van der Waals surface area (Å²) in [5, 5.41) is 3.02. The van der Waals surface area contributed by atoms with Gasteiger partial charge in [0.2, 0.25) is 0 Å². The Morgan fingerprint density at radius 1 is 0.765 bits per heavy atom. The maximum Gasteiger partial charge on any atom is 0.251 e. The van der Waals surface area contributed by atoms with Gasteiger partial charge in [0.05, 0.1) is 14.2 Å². The van der Waals surface area contributed by atoms with Crippen molar-refractivity contribution >= 4 is 5.91 Å². The van der Waals surface area contributed by atoms with Crippen LogP contribution in [-0.4, -0.2) is 25.1 Å². The Morgan fingerprint density at radius 2 is 1.44 bits per heavy atom. The lowest BCUT2D eigenvalue weighted by Crippen LogP contribution is -2.23. The predicted octanol–water partition coefficient (Wildman–Crippen LogP) is 5.98. The number of methoxy groups -OCH3 is 2. The molecule has 5 nitrogen and oxygen atoms in total. The Labute approximate surface area is 200 Å². The van der Waals surface area contributed by atoms with Crippen LogP contribution in [0.2, 0.25) is 0 Å². The monoisotopic (exact) mass is 452 g/mol. The fourth-order valence-electron chi connectivity index (χ4n) is 3.74. The zero-order chi connectivity index (χ0) is 24.1. The number of nitrogens with one attached hydrogen (secondary N) is 1. The number of benzene rings is 3. The highest BCUT2D eigenvalue weighted by molar-refractivity contribution is 5.97. The second kappa shape index (κ2) is 10.2. The lowest BCUT2D eigenvalue weighted by Gasteiger charge is -2.13. The second-order valence-electron chi connectivity index (χ2n) is 8.23. The minimum atomic E-state index is -0.142. The SMILES string of the molecule is COc1ccc(-c2cc(C(=O)NCc3ccc(C)nc3)cc(-c3ccc(C)cc3)c2)cc1OC. The largest absolute Gasteiger partial charge is 0.493 e. The van der Waals surface area contributed by atoms with Gasteiger partial charge in [0.25, 0.3) is 5.91 Å². The van der Waals surface area contributed by atoms with E-state index >= 15 is 0 Å². The molecule has 3 aromatic carbocycles. The maximum absolute atomic E-state index is 13.2. The van der Waals surface area contributed by atoms with E-state index < -0.39 is 0 Å². The summed E-state index contributed by atoms with van der Waals surface area (Å²) in [7, 11) is 3.23. The van der Waals surface area contributed by atoms with Gasteiger partial charge in [-0.1, -0.05) is 42.0 Å². The third kappa shape index (κ3) is 5.26. The number of hydrogen-bond acceptors (Lipinski definition) is 4. The summed E-state index contributed by atoms with van der Waals surface area (Å²) in [6, 6.07) is 23.9. The number of carbonyl (C=O) groups excluding carboxylic acids is 1. The summed E-state index contributed by atoms with van der Waals surface area (Å²) in [6.07, 6.45) is 1.79. The summed E-state index contributed by atoms with van der Waals surface area (Å²) in [5.41, 5.74) is 7.53. The first-order chi connectivity index (χ1) is 16.5. The molecule has 172 valence electrons. The molecule has 0 spiro atoms. The summed E-state index contributed by atoms with van der Waals surface area (Å²) in [4.78, 5) is 17.5. The fraction of sp³-hybridized carbons (Fsp3) is 0.172. The average molecular weight is 453 g/mol. The van der Waals surface area contributed by atoms with E-state index in [4.69, 9.17) is 9.47 Å². The Kier molecular flexibility index (Phi) is 6.93. The molecule has 0 bridgehead atoms. The first kappa shape index (κ1) is 23.1. The van der Waals surface area contributed by atoms with Gasteiger partial charge in [0, 0.05) is 24.0 Å². The highest BCUT2D eigenvalue weighted by Gasteiger charge is 2.13. The summed E-state index contributed by atoms with van der Waals surface area (Å²) < 4.78 is 10.9. The van der Waals surface area contributed by atoms with E-state index in [-0.39, 0.29) is 5.91 Å². The lowest BCUT2D eigenvalue weighted by molar-refractivity contribution is 0.0951. The van der Waals surface area contributed by atoms with Crippen LogP contribution in [0.15, 0.2) is 79.0 Å². The zero-order valence-electron chi connectivity index (χ0n) is 19.9. The van der Waals surface area contributed by atoms with Gasteiger partial charge in [-0.25, -0.2) is 0 Å². The molecule has 0 unspecified atom stereocenters. The van der Waals surface area contributed by atoms with E-state index in [1.807, 2.05) is 49.4 Å². The topological polar surface area (TPSA) is 60.5 Å². The van der Waals surface area contributed by atoms with Crippen molar-refractivity contribution in [2.75, 3.05) is 14.2 Å². The third-order valence-electron chi connectivity index (χ3n) is 5.72. The predicted molar refractivity (Wildman–Crippen MR) is 135 cm³/mol. The number of hydrogen-bond donors (Lipinski definition) is 1. The van der Waals surface area contributed by atoms with E-state index in [0.29, 0.717) is 23.6 Å². The van der Waals surface area contributed by atoms with Crippen LogP contribution in [0.4, 0.5) is 0 Å². The molecule has 0 aliphatic rings. The molecule has 0 aliphatic carbocycles. The van der Waals surface area contributed by atoms with E-state index in [0.717, 1.165) is 33.5 Å². The van der Waals surface area contributed by atoms with E-state index in [1.54, 1.807) is 20.4 Å². The van der Waals surface area contributed by atoms with E-state index in [9.17, 15) is 4.79 Å².